The number of rotatable bonds is 2. The molecule has 4 nitrogen and oxygen atoms in total. The van der Waals surface area contributed by atoms with Crippen molar-refractivity contribution in [3.05, 3.63) is 53.3 Å². The van der Waals surface area contributed by atoms with Crippen LogP contribution in [0.15, 0.2) is 36.5 Å². The van der Waals surface area contributed by atoms with E-state index < -0.39 is 17.6 Å². The van der Waals surface area contributed by atoms with E-state index in [0.717, 1.165) is 12.1 Å². The van der Waals surface area contributed by atoms with Gasteiger partial charge in [-0.3, -0.25) is 9.78 Å². The number of nitrogen functional groups attached to an aromatic ring is 1. The van der Waals surface area contributed by atoms with Crippen molar-refractivity contribution in [2.45, 2.75) is 13.1 Å². The number of nitrogens with two attached hydrogens (primary N) is 1. The Morgan fingerprint density at radius 3 is 2.52 bits per heavy atom. The van der Waals surface area contributed by atoms with Gasteiger partial charge in [-0.15, -0.1) is 0 Å². The summed E-state index contributed by atoms with van der Waals surface area (Å²) in [4.78, 5) is 15.5. The highest BCUT2D eigenvalue weighted by molar-refractivity contribution is 6.03. The fourth-order valence-electron chi connectivity index (χ4n) is 1.67. The van der Waals surface area contributed by atoms with Gasteiger partial charge in [0.25, 0.3) is 5.91 Å². The molecule has 1 aromatic carbocycles. The molecule has 21 heavy (non-hydrogen) atoms. The maximum absolute atomic E-state index is 12.4. The molecule has 0 atom stereocenters. The van der Waals surface area contributed by atoms with Crippen molar-refractivity contribution >= 4 is 17.3 Å². The van der Waals surface area contributed by atoms with Gasteiger partial charge < -0.3 is 11.1 Å². The van der Waals surface area contributed by atoms with E-state index in [0.29, 0.717) is 23.1 Å². The maximum Gasteiger partial charge on any atom is 0.417 e. The van der Waals surface area contributed by atoms with Gasteiger partial charge in [-0.1, -0.05) is 6.07 Å². The number of aromatic nitrogens is 1. The third-order valence-corrected chi connectivity index (χ3v) is 2.95. The van der Waals surface area contributed by atoms with Crippen molar-refractivity contribution in [1.29, 1.82) is 0 Å². The van der Waals surface area contributed by atoms with E-state index in [9.17, 15) is 18.0 Å². The molecule has 1 amide bonds. The maximum atomic E-state index is 12.4. The summed E-state index contributed by atoms with van der Waals surface area (Å²) in [6.45, 7) is 1.73. The molecule has 0 unspecified atom stereocenters. The lowest BCUT2D eigenvalue weighted by Gasteiger charge is -2.10. The highest BCUT2D eigenvalue weighted by atomic mass is 19.4. The lowest BCUT2D eigenvalue weighted by Crippen LogP contribution is -2.15. The first kappa shape index (κ1) is 14.8. The van der Waals surface area contributed by atoms with E-state index in [-0.39, 0.29) is 5.69 Å². The van der Waals surface area contributed by atoms with Crippen LogP contribution in [0.4, 0.5) is 24.5 Å². The van der Waals surface area contributed by atoms with Crippen molar-refractivity contribution in [2.24, 2.45) is 0 Å². The number of hydrogen-bond acceptors (Lipinski definition) is 3. The summed E-state index contributed by atoms with van der Waals surface area (Å²) in [6.07, 6.45) is -3.85. The zero-order valence-corrected chi connectivity index (χ0v) is 11.0. The zero-order valence-electron chi connectivity index (χ0n) is 11.0. The molecule has 0 aliphatic heterocycles. The molecule has 0 aliphatic rings. The summed E-state index contributed by atoms with van der Waals surface area (Å²) in [5, 5.41) is 2.56. The van der Waals surface area contributed by atoms with Gasteiger partial charge in [0.2, 0.25) is 0 Å². The van der Waals surface area contributed by atoms with Gasteiger partial charge in [0, 0.05) is 17.6 Å². The summed E-state index contributed by atoms with van der Waals surface area (Å²) < 4.78 is 37.2. The van der Waals surface area contributed by atoms with Gasteiger partial charge in [0.15, 0.2) is 0 Å². The number of alkyl halides is 3. The number of carbonyl (C=O) groups excluding carboxylic acids is 1. The van der Waals surface area contributed by atoms with Crippen LogP contribution in [0.25, 0.3) is 0 Å². The largest absolute Gasteiger partial charge is 0.417 e. The average molecular weight is 295 g/mol. The van der Waals surface area contributed by atoms with Crippen LogP contribution in [0, 0.1) is 6.92 Å². The number of nitrogens with one attached hydrogen (secondary N) is 1. The van der Waals surface area contributed by atoms with Gasteiger partial charge in [-0.2, -0.15) is 13.2 Å². The minimum absolute atomic E-state index is 0.107. The summed E-state index contributed by atoms with van der Waals surface area (Å²) in [7, 11) is 0. The normalized spacial score (nSPS) is 11.2. The van der Waals surface area contributed by atoms with Gasteiger partial charge in [-0.05, 0) is 36.8 Å². The topological polar surface area (TPSA) is 68.0 Å². The molecule has 3 N–H and O–H groups in total. The van der Waals surface area contributed by atoms with E-state index in [1.165, 1.54) is 0 Å². The van der Waals surface area contributed by atoms with Crippen molar-refractivity contribution in [2.75, 3.05) is 11.1 Å². The van der Waals surface area contributed by atoms with Crippen LogP contribution in [0.2, 0.25) is 0 Å². The van der Waals surface area contributed by atoms with E-state index in [1.807, 2.05) is 0 Å². The van der Waals surface area contributed by atoms with E-state index in [1.54, 1.807) is 25.1 Å². The van der Waals surface area contributed by atoms with Crippen molar-refractivity contribution < 1.29 is 18.0 Å². The highest BCUT2D eigenvalue weighted by Gasteiger charge is 2.30. The van der Waals surface area contributed by atoms with Crippen molar-refractivity contribution in [3.63, 3.8) is 0 Å². The molecule has 0 spiro atoms. The highest BCUT2D eigenvalue weighted by Crippen LogP contribution is 2.28. The second-order valence-electron chi connectivity index (χ2n) is 4.40. The number of amides is 1. The van der Waals surface area contributed by atoms with Gasteiger partial charge in [-0.25, -0.2) is 0 Å². The Hall–Kier alpha value is -2.57. The second kappa shape index (κ2) is 5.43. The fraction of sp³-hybridized carbons (Fsp3) is 0.143. The number of anilines is 2. The smallest absolute Gasteiger partial charge is 0.398 e. The lowest BCUT2D eigenvalue weighted by atomic mass is 10.1. The van der Waals surface area contributed by atoms with Crippen LogP contribution >= 0.6 is 0 Å². The van der Waals surface area contributed by atoms with Crippen LogP contribution in [-0.2, 0) is 6.18 Å². The second-order valence-corrected chi connectivity index (χ2v) is 4.40. The molecular weight excluding hydrogens is 283 g/mol. The molecule has 0 saturated heterocycles. The molecule has 0 saturated carbocycles. The molecule has 0 aliphatic carbocycles. The van der Waals surface area contributed by atoms with E-state index >= 15 is 0 Å². The Kier molecular flexibility index (Phi) is 3.84. The monoisotopic (exact) mass is 295 g/mol. The summed E-state index contributed by atoms with van der Waals surface area (Å²) in [6, 6.07) is 6.83. The molecule has 0 radical (unpaired) electrons. The number of pyridine rings is 1. The average Bonchev–Trinajstić information content (AvgIpc) is 2.43. The summed E-state index contributed by atoms with van der Waals surface area (Å²) in [5.41, 5.74) is 6.37. The Morgan fingerprint density at radius 2 is 1.95 bits per heavy atom. The molecule has 2 aromatic rings. The standard InChI is InChI=1S/C14H12F3N3O/c1-8-10(18)3-2-4-11(8)20-13(21)12-6-5-9(7-19-12)14(15,16)17/h2-7H,18H2,1H3,(H,20,21). The van der Waals surface area contributed by atoms with Crippen LogP contribution < -0.4 is 11.1 Å². The number of nitrogens with zero attached hydrogens (tertiary/aromatic N) is 1. The number of halogens is 3. The Labute approximate surface area is 118 Å². The summed E-state index contributed by atoms with van der Waals surface area (Å²) >= 11 is 0. The minimum atomic E-state index is -4.48. The first-order valence-corrected chi connectivity index (χ1v) is 5.98. The van der Waals surface area contributed by atoms with Crippen LogP contribution in [-0.4, -0.2) is 10.9 Å². The SMILES string of the molecule is Cc1c(N)cccc1NC(=O)c1ccc(C(F)(F)F)cn1. The third-order valence-electron chi connectivity index (χ3n) is 2.95. The predicted octanol–water partition coefficient (Wildman–Crippen LogP) is 3.24. The molecule has 1 aromatic heterocycles. The first-order valence-electron chi connectivity index (χ1n) is 5.98. The molecular formula is C14H12F3N3O. The fourth-order valence-corrected chi connectivity index (χ4v) is 1.67. The Balaban J connectivity index is 2.19. The quantitative estimate of drug-likeness (QED) is 0.836. The number of carbonyl (C=O) groups is 1. The van der Waals surface area contributed by atoms with Crippen molar-refractivity contribution in [3.8, 4) is 0 Å². The zero-order chi connectivity index (χ0) is 15.6. The number of hydrogen-bond donors (Lipinski definition) is 2. The van der Waals surface area contributed by atoms with Crippen molar-refractivity contribution in [1.82, 2.24) is 4.98 Å². The van der Waals surface area contributed by atoms with Gasteiger partial charge in [0.05, 0.1) is 5.56 Å². The third kappa shape index (κ3) is 3.31. The predicted molar refractivity (Wildman–Crippen MR) is 72.8 cm³/mol. The van der Waals surface area contributed by atoms with Gasteiger partial charge in [0.1, 0.15) is 5.69 Å². The molecule has 2 rings (SSSR count). The molecule has 110 valence electrons. The Morgan fingerprint density at radius 1 is 1.24 bits per heavy atom. The minimum Gasteiger partial charge on any atom is -0.398 e. The summed E-state index contributed by atoms with van der Waals surface area (Å²) in [5.74, 6) is -0.600. The molecule has 0 bridgehead atoms. The number of benzene rings is 1. The van der Waals surface area contributed by atoms with Gasteiger partial charge >= 0.3 is 6.18 Å². The molecule has 7 heteroatoms. The van der Waals surface area contributed by atoms with E-state index in [4.69, 9.17) is 5.73 Å². The molecule has 1 heterocycles. The Bertz CT molecular complexity index is 666. The van der Waals surface area contributed by atoms with Crippen LogP contribution in [0.3, 0.4) is 0 Å². The van der Waals surface area contributed by atoms with E-state index in [2.05, 4.69) is 10.3 Å². The lowest BCUT2D eigenvalue weighted by molar-refractivity contribution is -0.137. The van der Waals surface area contributed by atoms with Crippen LogP contribution in [0.5, 0.6) is 0 Å². The van der Waals surface area contributed by atoms with Crippen LogP contribution in [0.1, 0.15) is 21.6 Å². The first-order chi connectivity index (χ1) is 9.79. The molecule has 0 fully saturated rings.